The number of carbonyl (C=O) groups is 1. The highest BCUT2D eigenvalue weighted by atomic mass is 16.3. The number of aryl methyl sites for hydroxylation is 1. The summed E-state index contributed by atoms with van der Waals surface area (Å²) >= 11 is 0. The number of nitrogens with one attached hydrogen (secondary N) is 1. The summed E-state index contributed by atoms with van der Waals surface area (Å²) in [5.41, 5.74) is 1.35. The van der Waals surface area contributed by atoms with Crippen LogP contribution < -0.4 is 5.32 Å². The fourth-order valence-corrected chi connectivity index (χ4v) is 1.76. The van der Waals surface area contributed by atoms with Crippen molar-refractivity contribution >= 4 is 5.91 Å². The van der Waals surface area contributed by atoms with Gasteiger partial charge in [0.25, 0.3) is 5.91 Å². The van der Waals surface area contributed by atoms with Gasteiger partial charge in [0.2, 0.25) is 0 Å². The molecule has 2 aromatic rings. The van der Waals surface area contributed by atoms with Gasteiger partial charge in [-0.1, -0.05) is 6.07 Å². The van der Waals surface area contributed by atoms with Crippen LogP contribution in [0.25, 0.3) is 0 Å². The molecule has 2 rings (SSSR count). The van der Waals surface area contributed by atoms with Gasteiger partial charge in [-0.3, -0.25) is 4.79 Å². The molecular formula is C14H15NO4. The average molecular weight is 261 g/mol. The number of hydrogen-bond acceptors (Lipinski definition) is 4. The summed E-state index contributed by atoms with van der Waals surface area (Å²) in [4.78, 5) is 11.8. The molecule has 1 heterocycles. The molecule has 0 fully saturated rings. The Bertz CT molecular complexity index is 589. The average Bonchev–Trinajstić information content (AvgIpc) is 2.80. The molecule has 0 bridgehead atoms. The molecule has 0 aliphatic heterocycles. The molecule has 0 saturated carbocycles. The lowest BCUT2D eigenvalue weighted by Crippen LogP contribution is -2.25. The zero-order chi connectivity index (χ0) is 13.8. The van der Waals surface area contributed by atoms with E-state index in [0.717, 1.165) is 5.56 Å². The molecule has 100 valence electrons. The highest BCUT2D eigenvalue weighted by Crippen LogP contribution is 2.24. The Balaban J connectivity index is 1.88. The van der Waals surface area contributed by atoms with Gasteiger partial charge in [0.1, 0.15) is 5.76 Å². The highest BCUT2D eigenvalue weighted by molar-refractivity contribution is 5.95. The summed E-state index contributed by atoms with van der Waals surface area (Å²) in [7, 11) is 0. The van der Waals surface area contributed by atoms with E-state index < -0.39 is 0 Å². The van der Waals surface area contributed by atoms with Crippen LogP contribution in [0.1, 0.15) is 21.7 Å². The summed E-state index contributed by atoms with van der Waals surface area (Å²) in [6, 6.07) is 6.22. The van der Waals surface area contributed by atoms with Crippen LogP contribution in [0.15, 0.2) is 34.9 Å². The van der Waals surface area contributed by atoms with Gasteiger partial charge in [0.05, 0.1) is 11.8 Å². The monoisotopic (exact) mass is 261 g/mol. The third kappa shape index (κ3) is 3.07. The van der Waals surface area contributed by atoms with E-state index >= 15 is 0 Å². The largest absolute Gasteiger partial charge is 0.504 e. The van der Waals surface area contributed by atoms with Crippen LogP contribution in [0.3, 0.4) is 0 Å². The van der Waals surface area contributed by atoms with Gasteiger partial charge in [0, 0.05) is 6.54 Å². The number of amides is 1. The number of hydrogen-bond donors (Lipinski definition) is 3. The van der Waals surface area contributed by atoms with Gasteiger partial charge in [-0.15, -0.1) is 0 Å². The SMILES string of the molecule is Cc1occc1C(=O)NCCc1ccc(O)c(O)c1. The van der Waals surface area contributed by atoms with E-state index in [0.29, 0.717) is 24.3 Å². The van der Waals surface area contributed by atoms with E-state index in [1.807, 2.05) is 0 Å². The zero-order valence-corrected chi connectivity index (χ0v) is 10.5. The van der Waals surface area contributed by atoms with E-state index in [1.54, 1.807) is 19.1 Å². The quantitative estimate of drug-likeness (QED) is 0.735. The lowest BCUT2D eigenvalue weighted by molar-refractivity contribution is 0.0952. The summed E-state index contributed by atoms with van der Waals surface area (Å²) in [6.45, 7) is 2.17. The Kier molecular flexibility index (Phi) is 3.75. The molecule has 1 aromatic heterocycles. The Hall–Kier alpha value is -2.43. The van der Waals surface area contributed by atoms with Gasteiger partial charge in [0.15, 0.2) is 11.5 Å². The van der Waals surface area contributed by atoms with Crippen molar-refractivity contribution in [2.45, 2.75) is 13.3 Å². The standard InChI is InChI=1S/C14H15NO4/c1-9-11(5-7-19-9)14(18)15-6-4-10-2-3-12(16)13(17)8-10/h2-3,5,7-8,16-17H,4,6H2,1H3,(H,15,18). The second-order valence-corrected chi connectivity index (χ2v) is 4.22. The van der Waals surface area contributed by atoms with Gasteiger partial charge >= 0.3 is 0 Å². The summed E-state index contributed by atoms with van der Waals surface area (Å²) in [5, 5.41) is 21.3. The number of benzene rings is 1. The lowest BCUT2D eigenvalue weighted by Gasteiger charge is -2.05. The minimum atomic E-state index is -0.186. The summed E-state index contributed by atoms with van der Waals surface area (Å²) < 4.78 is 5.06. The van der Waals surface area contributed by atoms with Crippen molar-refractivity contribution in [3.05, 3.63) is 47.4 Å². The number of carbonyl (C=O) groups excluding carboxylic acids is 1. The predicted octanol–water partition coefficient (Wildman–Crippen LogP) is 1.97. The third-order valence-electron chi connectivity index (χ3n) is 2.84. The number of rotatable bonds is 4. The molecule has 19 heavy (non-hydrogen) atoms. The van der Waals surface area contributed by atoms with Crippen LogP contribution in [0.4, 0.5) is 0 Å². The van der Waals surface area contributed by atoms with Crippen molar-refractivity contribution < 1.29 is 19.4 Å². The van der Waals surface area contributed by atoms with E-state index in [9.17, 15) is 15.0 Å². The number of furan rings is 1. The van der Waals surface area contributed by atoms with Crippen LogP contribution in [0.5, 0.6) is 11.5 Å². The molecule has 3 N–H and O–H groups in total. The van der Waals surface area contributed by atoms with Crippen LogP contribution in [0, 0.1) is 6.92 Å². The molecule has 0 atom stereocenters. The van der Waals surface area contributed by atoms with Crippen LogP contribution in [-0.2, 0) is 6.42 Å². The maximum Gasteiger partial charge on any atom is 0.254 e. The van der Waals surface area contributed by atoms with Crippen LogP contribution in [-0.4, -0.2) is 22.7 Å². The first-order valence-electron chi connectivity index (χ1n) is 5.91. The lowest BCUT2D eigenvalue weighted by atomic mass is 10.1. The first kappa shape index (κ1) is 13.0. The topological polar surface area (TPSA) is 82.7 Å². The molecule has 5 heteroatoms. The molecule has 5 nitrogen and oxygen atoms in total. The molecule has 0 saturated heterocycles. The maximum absolute atomic E-state index is 11.8. The molecule has 0 unspecified atom stereocenters. The van der Waals surface area contributed by atoms with Gasteiger partial charge in [-0.05, 0) is 37.1 Å². The van der Waals surface area contributed by atoms with Crippen molar-refractivity contribution in [3.8, 4) is 11.5 Å². The molecule has 1 amide bonds. The van der Waals surface area contributed by atoms with Crippen molar-refractivity contribution in [1.82, 2.24) is 5.32 Å². The third-order valence-corrected chi connectivity index (χ3v) is 2.84. The zero-order valence-electron chi connectivity index (χ0n) is 10.5. The smallest absolute Gasteiger partial charge is 0.254 e. The highest BCUT2D eigenvalue weighted by Gasteiger charge is 2.10. The number of phenols is 2. The van der Waals surface area contributed by atoms with E-state index in [1.165, 1.54) is 18.4 Å². The fraction of sp³-hybridized carbons (Fsp3) is 0.214. The Labute approximate surface area is 110 Å². The van der Waals surface area contributed by atoms with E-state index in [2.05, 4.69) is 5.32 Å². The first-order valence-corrected chi connectivity index (χ1v) is 5.91. The van der Waals surface area contributed by atoms with Gasteiger partial charge < -0.3 is 19.9 Å². The van der Waals surface area contributed by atoms with Gasteiger partial charge in [-0.2, -0.15) is 0 Å². The van der Waals surface area contributed by atoms with Gasteiger partial charge in [-0.25, -0.2) is 0 Å². The van der Waals surface area contributed by atoms with Crippen LogP contribution >= 0.6 is 0 Å². The van der Waals surface area contributed by atoms with E-state index in [4.69, 9.17) is 4.42 Å². The molecule has 1 aromatic carbocycles. The summed E-state index contributed by atoms with van der Waals surface area (Å²) in [6.07, 6.45) is 2.04. The molecule has 0 aliphatic rings. The Morgan fingerprint density at radius 1 is 1.26 bits per heavy atom. The second kappa shape index (κ2) is 5.48. The predicted molar refractivity (Wildman–Crippen MR) is 69.3 cm³/mol. The Morgan fingerprint density at radius 2 is 2.05 bits per heavy atom. The van der Waals surface area contributed by atoms with Crippen molar-refractivity contribution in [2.75, 3.05) is 6.54 Å². The van der Waals surface area contributed by atoms with Crippen molar-refractivity contribution in [3.63, 3.8) is 0 Å². The normalized spacial score (nSPS) is 10.4. The number of aromatic hydroxyl groups is 2. The van der Waals surface area contributed by atoms with Crippen molar-refractivity contribution in [2.24, 2.45) is 0 Å². The molecule has 0 aliphatic carbocycles. The minimum Gasteiger partial charge on any atom is -0.504 e. The molecular weight excluding hydrogens is 246 g/mol. The maximum atomic E-state index is 11.8. The van der Waals surface area contributed by atoms with Crippen LogP contribution in [0.2, 0.25) is 0 Å². The van der Waals surface area contributed by atoms with E-state index in [-0.39, 0.29) is 17.4 Å². The first-order chi connectivity index (χ1) is 9.08. The molecule has 0 radical (unpaired) electrons. The molecule has 0 spiro atoms. The fourth-order valence-electron chi connectivity index (χ4n) is 1.76. The number of phenolic OH excluding ortho intramolecular Hbond substituents is 2. The Morgan fingerprint density at radius 3 is 2.68 bits per heavy atom. The second-order valence-electron chi connectivity index (χ2n) is 4.22. The minimum absolute atomic E-state index is 0.151. The summed E-state index contributed by atoms with van der Waals surface area (Å²) in [5.74, 6) is 0.0883. The van der Waals surface area contributed by atoms with Crippen molar-refractivity contribution in [1.29, 1.82) is 0 Å².